The second-order valence-corrected chi connectivity index (χ2v) is 6.66. The van der Waals surface area contributed by atoms with Gasteiger partial charge in [0, 0.05) is 19.5 Å². The minimum atomic E-state index is -0.713. The number of aryl methyl sites for hydroxylation is 1. The number of benzene rings is 1. The lowest BCUT2D eigenvalue weighted by molar-refractivity contribution is -0.149. The smallest absolute Gasteiger partial charge is 0.311 e. The predicted octanol–water partition coefficient (Wildman–Crippen LogP) is 2.72. The Morgan fingerprint density at radius 1 is 1.27 bits per heavy atom. The highest BCUT2D eigenvalue weighted by Gasteiger charge is 2.55. The summed E-state index contributed by atoms with van der Waals surface area (Å²) in [7, 11) is 0. The molecule has 1 saturated heterocycles. The third-order valence-electron chi connectivity index (χ3n) is 5.35. The van der Waals surface area contributed by atoms with Gasteiger partial charge in [-0.05, 0) is 37.2 Å². The number of hydrogen-bond donors (Lipinski definition) is 1. The lowest BCUT2D eigenvalue weighted by Crippen LogP contribution is -2.37. The number of carbonyl (C=O) groups excluding carboxylic acids is 1. The molecule has 2 fully saturated rings. The van der Waals surface area contributed by atoms with Crippen molar-refractivity contribution < 1.29 is 14.7 Å². The molecule has 2 atom stereocenters. The SMILES string of the molecule is O=C(CCCc1ccccc1)N1C[C@@H]2CCC[C@@]2(C(=O)O)C1. The first-order valence-electron chi connectivity index (χ1n) is 8.17. The Morgan fingerprint density at radius 3 is 2.73 bits per heavy atom. The molecule has 4 heteroatoms. The number of fused-ring (bicyclic) bond motifs is 1. The number of amides is 1. The molecular weight excluding hydrogens is 278 g/mol. The van der Waals surface area contributed by atoms with Crippen molar-refractivity contribution in [1.29, 1.82) is 0 Å². The van der Waals surface area contributed by atoms with Gasteiger partial charge in [0.15, 0.2) is 0 Å². The Morgan fingerprint density at radius 2 is 2.05 bits per heavy atom. The number of carbonyl (C=O) groups is 2. The maximum Gasteiger partial charge on any atom is 0.311 e. The number of carboxylic acid groups (broad SMARTS) is 1. The van der Waals surface area contributed by atoms with Crippen LogP contribution in [0.1, 0.15) is 37.7 Å². The van der Waals surface area contributed by atoms with Gasteiger partial charge >= 0.3 is 5.97 Å². The first-order chi connectivity index (χ1) is 10.6. The number of likely N-dealkylation sites (tertiary alicyclic amines) is 1. The van der Waals surface area contributed by atoms with Gasteiger partial charge in [0.1, 0.15) is 0 Å². The Kier molecular flexibility index (Phi) is 4.19. The summed E-state index contributed by atoms with van der Waals surface area (Å²) < 4.78 is 0. The normalized spacial score (nSPS) is 26.9. The molecule has 0 bridgehead atoms. The van der Waals surface area contributed by atoms with Crippen molar-refractivity contribution in [3.63, 3.8) is 0 Å². The highest BCUT2D eigenvalue weighted by atomic mass is 16.4. The van der Waals surface area contributed by atoms with Crippen molar-refractivity contribution in [2.45, 2.75) is 38.5 Å². The quantitative estimate of drug-likeness (QED) is 0.909. The Hall–Kier alpha value is -1.84. The van der Waals surface area contributed by atoms with Gasteiger partial charge in [-0.2, -0.15) is 0 Å². The van der Waals surface area contributed by atoms with Crippen LogP contribution in [-0.4, -0.2) is 35.0 Å². The Bertz CT molecular complexity index is 557. The van der Waals surface area contributed by atoms with Crippen LogP contribution in [0.4, 0.5) is 0 Å². The molecule has 3 rings (SSSR count). The van der Waals surface area contributed by atoms with Gasteiger partial charge in [0.25, 0.3) is 0 Å². The lowest BCUT2D eigenvalue weighted by Gasteiger charge is -2.23. The van der Waals surface area contributed by atoms with E-state index in [1.54, 1.807) is 4.90 Å². The number of nitrogens with zero attached hydrogens (tertiary/aromatic N) is 1. The van der Waals surface area contributed by atoms with Gasteiger partial charge < -0.3 is 10.0 Å². The second kappa shape index (κ2) is 6.11. The first kappa shape index (κ1) is 15.1. The van der Waals surface area contributed by atoms with Gasteiger partial charge in [0.05, 0.1) is 5.41 Å². The van der Waals surface area contributed by atoms with E-state index in [9.17, 15) is 14.7 Å². The van der Waals surface area contributed by atoms with Crippen molar-refractivity contribution in [2.75, 3.05) is 13.1 Å². The zero-order chi connectivity index (χ0) is 15.6. The van der Waals surface area contributed by atoms with Gasteiger partial charge in [-0.25, -0.2) is 0 Å². The summed E-state index contributed by atoms with van der Waals surface area (Å²) in [6, 6.07) is 10.2. The molecule has 0 radical (unpaired) electrons. The van der Waals surface area contributed by atoms with Gasteiger partial charge in [-0.3, -0.25) is 9.59 Å². The van der Waals surface area contributed by atoms with Crippen LogP contribution in [0.2, 0.25) is 0 Å². The summed E-state index contributed by atoms with van der Waals surface area (Å²) >= 11 is 0. The fourth-order valence-corrected chi connectivity index (χ4v) is 4.08. The molecule has 1 heterocycles. The largest absolute Gasteiger partial charge is 0.481 e. The van der Waals surface area contributed by atoms with E-state index in [4.69, 9.17) is 0 Å². The maximum atomic E-state index is 12.4. The van der Waals surface area contributed by atoms with Crippen LogP contribution in [0.25, 0.3) is 0 Å². The average Bonchev–Trinajstić information content (AvgIpc) is 3.06. The Balaban J connectivity index is 1.53. The maximum absolute atomic E-state index is 12.4. The molecule has 1 aliphatic carbocycles. The van der Waals surface area contributed by atoms with E-state index < -0.39 is 11.4 Å². The molecule has 1 saturated carbocycles. The van der Waals surface area contributed by atoms with E-state index in [0.717, 1.165) is 32.1 Å². The minimum absolute atomic E-state index is 0.117. The average molecular weight is 301 g/mol. The third-order valence-corrected chi connectivity index (χ3v) is 5.35. The van der Waals surface area contributed by atoms with Crippen molar-refractivity contribution in [2.24, 2.45) is 11.3 Å². The molecule has 2 aliphatic rings. The highest BCUT2D eigenvalue weighted by Crippen LogP contribution is 2.48. The van der Waals surface area contributed by atoms with Gasteiger partial charge in [-0.1, -0.05) is 36.8 Å². The number of hydrogen-bond acceptors (Lipinski definition) is 2. The van der Waals surface area contributed by atoms with Crippen molar-refractivity contribution in [1.82, 2.24) is 4.90 Å². The standard InChI is InChI=1S/C18H23NO3/c20-16(10-4-8-14-6-2-1-3-7-14)19-12-15-9-5-11-18(15,13-19)17(21)22/h1-3,6-7,15H,4-5,8-13H2,(H,21,22)/t15-,18+/m0/s1. The third kappa shape index (κ3) is 2.74. The number of aliphatic carboxylic acids is 1. The zero-order valence-corrected chi connectivity index (χ0v) is 12.8. The predicted molar refractivity (Wildman–Crippen MR) is 83.4 cm³/mol. The molecule has 22 heavy (non-hydrogen) atoms. The molecule has 4 nitrogen and oxygen atoms in total. The second-order valence-electron chi connectivity index (χ2n) is 6.66. The van der Waals surface area contributed by atoms with Crippen molar-refractivity contribution in [3.05, 3.63) is 35.9 Å². The van der Waals surface area contributed by atoms with Crippen molar-refractivity contribution >= 4 is 11.9 Å². The van der Waals surface area contributed by atoms with Crippen LogP contribution in [0.3, 0.4) is 0 Å². The first-order valence-corrected chi connectivity index (χ1v) is 8.17. The fourth-order valence-electron chi connectivity index (χ4n) is 4.08. The van der Waals surface area contributed by atoms with Crippen LogP contribution in [-0.2, 0) is 16.0 Å². The molecule has 1 aromatic rings. The van der Waals surface area contributed by atoms with Crippen LogP contribution in [0, 0.1) is 11.3 Å². The zero-order valence-electron chi connectivity index (χ0n) is 12.8. The Labute approximate surface area is 131 Å². The van der Waals surface area contributed by atoms with E-state index in [-0.39, 0.29) is 11.8 Å². The summed E-state index contributed by atoms with van der Waals surface area (Å²) in [6.45, 7) is 1.05. The van der Waals surface area contributed by atoms with E-state index in [1.165, 1.54) is 5.56 Å². The molecule has 0 unspecified atom stereocenters. The molecule has 1 N–H and O–H groups in total. The van der Waals surface area contributed by atoms with Crippen LogP contribution < -0.4 is 0 Å². The molecule has 1 aliphatic heterocycles. The van der Waals surface area contributed by atoms with Gasteiger partial charge in [-0.15, -0.1) is 0 Å². The topological polar surface area (TPSA) is 57.6 Å². The van der Waals surface area contributed by atoms with E-state index >= 15 is 0 Å². The molecule has 1 amide bonds. The highest BCUT2D eigenvalue weighted by molar-refractivity contribution is 5.81. The lowest BCUT2D eigenvalue weighted by atomic mass is 9.81. The monoisotopic (exact) mass is 301 g/mol. The fraction of sp³-hybridized carbons (Fsp3) is 0.556. The summed E-state index contributed by atoms with van der Waals surface area (Å²) in [5, 5.41) is 9.56. The number of carboxylic acids is 1. The van der Waals surface area contributed by atoms with E-state index in [2.05, 4.69) is 12.1 Å². The summed E-state index contributed by atoms with van der Waals surface area (Å²) in [5.74, 6) is -0.441. The molecule has 0 spiro atoms. The molecule has 1 aromatic carbocycles. The van der Waals surface area contributed by atoms with Crippen LogP contribution in [0.15, 0.2) is 30.3 Å². The summed E-state index contributed by atoms with van der Waals surface area (Å²) in [5.41, 5.74) is 0.588. The molecule has 0 aromatic heterocycles. The molecule has 118 valence electrons. The van der Waals surface area contributed by atoms with Crippen molar-refractivity contribution in [3.8, 4) is 0 Å². The van der Waals surface area contributed by atoms with Crippen LogP contribution in [0.5, 0.6) is 0 Å². The minimum Gasteiger partial charge on any atom is -0.481 e. The van der Waals surface area contributed by atoms with E-state index in [0.29, 0.717) is 19.5 Å². The van der Waals surface area contributed by atoms with Gasteiger partial charge in [0.2, 0.25) is 5.91 Å². The summed E-state index contributed by atoms with van der Waals surface area (Å²) in [6.07, 6.45) is 4.88. The van der Waals surface area contributed by atoms with Crippen LogP contribution >= 0.6 is 0 Å². The number of rotatable bonds is 5. The molecular formula is C18H23NO3. The summed E-state index contributed by atoms with van der Waals surface area (Å²) in [4.78, 5) is 25.8. The van der Waals surface area contributed by atoms with E-state index in [1.807, 2.05) is 18.2 Å².